The Kier molecular flexibility index (Phi) is 5.11. The first-order chi connectivity index (χ1) is 11.5. The number of nitrogens with zero attached hydrogens (tertiary/aromatic N) is 1. The van der Waals surface area contributed by atoms with Gasteiger partial charge in [-0.15, -0.1) is 0 Å². The summed E-state index contributed by atoms with van der Waals surface area (Å²) in [7, 11) is 0. The molecular weight excluding hydrogens is 304 g/mol. The molecule has 0 radical (unpaired) electrons. The van der Waals surface area contributed by atoms with E-state index in [-0.39, 0.29) is 23.5 Å². The van der Waals surface area contributed by atoms with Gasteiger partial charge >= 0.3 is 0 Å². The Hall–Kier alpha value is -1.59. The molecule has 2 atom stereocenters. The predicted molar refractivity (Wildman–Crippen MR) is 93.2 cm³/mol. The minimum atomic E-state index is -0.0434. The monoisotopic (exact) mass is 332 g/mol. The van der Waals surface area contributed by atoms with Gasteiger partial charge in [-0.25, -0.2) is 0 Å². The number of carbonyl (C=O) groups excluding carboxylic acids is 1. The molecule has 0 aliphatic carbocycles. The summed E-state index contributed by atoms with van der Waals surface area (Å²) < 4.78 is 11.3. The van der Waals surface area contributed by atoms with Crippen LogP contribution in [-0.2, 0) is 4.74 Å². The third-order valence-corrected chi connectivity index (χ3v) is 5.16. The summed E-state index contributed by atoms with van der Waals surface area (Å²) in [5.74, 6) is 0.851. The van der Waals surface area contributed by atoms with Crippen molar-refractivity contribution in [3.05, 3.63) is 29.8 Å². The molecule has 2 aliphatic rings. The summed E-state index contributed by atoms with van der Waals surface area (Å²) in [6.45, 7) is 7.08. The Morgan fingerprint density at radius 1 is 1.33 bits per heavy atom. The minimum absolute atomic E-state index is 0.0434. The summed E-state index contributed by atoms with van der Waals surface area (Å²) in [6.07, 6.45) is 3.22. The van der Waals surface area contributed by atoms with Crippen LogP contribution >= 0.6 is 0 Å². The van der Waals surface area contributed by atoms with Crippen LogP contribution in [0.15, 0.2) is 24.3 Å². The number of likely N-dealkylation sites (tertiary alicyclic amines) is 1. The molecular formula is C19H28N2O3. The summed E-state index contributed by atoms with van der Waals surface area (Å²) >= 11 is 0. The number of nitrogens with two attached hydrogens (primary N) is 1. The molecule has 2 aliphatic heterocycles. The minimum Gasteiger partial charge on any atom is -0.491 e. The van der Waals surface area contributed by atoms with E-state index in [9.17, 15) is 4.79 Å². The van der Waals surface area contributed by atoms with Gasteiger partial charge in [-0.05, 0) is 48.9 Å². The van der Waals surface area contributed by atoms with Gasteiger partial charge < -0.3 is 20.1 Å². The van der Waals surface area contributed by atoms with Crippen LogP contribution in [0.25, 0.3) is 0 Å². The van der Waals surface area contributed by atoms with E-state index >= 15 is 0 Å². The topological polar surface area (TPSA) is 64.8 Å². The molecule has 0 spiro atoms. The van der Waals surface area contributed by atoms with Crippen LogP contribution in [0.5, 0.6) is 5.75 Å². The van der Waals surface area contributed by atoms with Gasteiger partial charge in [0.2, 0.25) is 0 Å². The number of benzene rings is 1. The van der Waals surface area contributed by atoms with Crippen LogP contribution < -0.4 is 10.5 Å². The maximum Gasteiger partial charge on any atom is 0.253 e. The molecule has 1 aromatic rings. The predicted octanol–water partition coefficient (Wildman–Crippen LogP) is 2.44. The Bertz CT molecular complexity index is 564. The van der Waals surface area contributed by atoms with E-state index in [1.54, 1.807) is 0 Å². The van der Waals surface area contributed by atoms with Crippen molar-refractivity contribution in [3.8, 4) is 5.75 Å². The zero-order valence-electron chi connectivity index (χ0n) is 14.7. The van der Waals surface area contributed by atoms with Crippen LogP contribution in [0.3, 0.4) is 0 Å². The van der Waals surface area contributed by atoms with Crippen LogP contribution in [0, 0.1) is 5.41 Å². The number of hydrogen-bond donors (Lipinski definition) is 1. The molecule has 5 nitrogen and oxygen atoms in total. The molecule has 1 amide bonds. The molecule has 2 saturated heterocycles. The Labute approximate surface area is 144 Å². The molecule has 3 rings (SSSR count). The van der Waals surface area contributed by atoms with Gasteiger partial charge in [0.1, 0.15) is 12.4 Å². The second-order valence-corrected chi connectivity index (χ2v) is 7.58. The molecule has 1 aromatic carbocycles. The SMILES string of the molecule is CC1(C)CN(C(=O)c2ccc(OCC3CCCO3)cc2)CCC1N. The smallest absolute Gasteiger partial charge is 0.253 e. The van der Waals surface area contributed by atoms with Gasteiger partial charge in [0.25, 0.3) is 5.91 Å². The standard InChI is InChI=1S/C19H28N2O3/c1-19(2)13-21(10-9-17(19)20)18(22)14-5-7-15(8-6-14)24-12-16-4-3-11-23-16/h5-8,16-17H,3-4,9-13,20H2,1-2H3. The largest absolute Gasteiger partial charge is 0.491 e. The van der Waals surface area contributed by atoms with Gasteiger partial charge in [0, 0.05) is 31.3 Å². The molecule has 5 heteroatoms. The van der Waals surface area contributed by atoms with Crippen LogP contribution in [0.4, 0.5) is 0 Å². The normalized spacial score (nSPS) is 26.4. The van der Waals surface area contributed by atoms with Crippen LogP contribution in [0.2, 0.25) is 0 Å². The molecule has 2 heterocycles. The van der Waals surface area contributed by atoms with E-state index in [0.29, 0.717) is 18.7 Å². The highest BCUT2D eigenvalue weighted by Crippen LogP contribution is 2.28. The van der Waals surface area contributed by atoms with E-state index in [2.05, 4.69) is 13.8 Å². The van der Waals surface area contributed by atoms with Gasteiger partial charge in [0.15, 0.2) is 0 Å². The summed E-state index contributed by atoms with van der Waals surface area (Å²) in [5.41, 5.74) is 6.81. The van der Waals surface area contributed by atoms with E-state index in [1.165, 1.54) is 0 Å². The first-order valence-corrected chi connectivity index (χ1v) is 8.85. The highest BCUT2D eigenvalue weighted by Gasteiger charge is 2.35. The van der Waals surface area contributed by atoms with Crippen molar-refractivity contribution in [3.63, 3.8) is 0 Å². The van der Waals surface area contributed by atoms with Gasteiger partial charge in [-0.3, -0.25) is 4.79 Å². The highest BCUT2D eigenvalue weighted by atomic mass is 16.5. The lowest BCUT2D eigenvalue weighted by Gasteiger charge is -2.42. The molecule has 2 unspecified atom stereocenters. The number of amides is 1. The summed E-state index contributed by atoms with van der Waals surface area (Å²) in [5, 5.41) is 0. The van der Waals surface area contributed by atoms with Crippen molar-refractivity contribution in [1.29, 1.82) is 0 Å². The van der Waals surface area contributed by atoms with E-state index < -0.39 is 0 Å². The second kappa shape index (κ2) is 7.11. The summed E-state index contributed by atoms with van der Waals surface area (Å²) in [4.78, 5) is 14.6. The number of carbonyl (C=O) groups is 1. The van der Waals surface area contributed by atoms with Crippen molar-refractivity contribution in [2.75, 3.05) is 26.3 Å². The number of rotatable bonds is 4. The fourth-order valence-electron chi connectivity index (χ4n) is 3.39. The van der Waals surface area contributed by atoms with E-state index in [4.69, 9.17) is 15.2 Å². The third-order valence-electron chi connectivity index (χ3n) is 5.16. The average molecular weight is 332 g/mol. The quantitative estimate of drug-likeness (QED) is 0.920. The molecule has 24 heavy (non-hydrogen) atoms. The number of piperidine rings is 1. The number of ether oxygens (including phenoxy) is 2. The van der Waals surface area contributed by atoms with E-state index in [0.717, 1.165) is 38.2 Å². The Morgan fingerprint density at radius 2 is 2.08 bits per heavy atom. The lowest BCUT2D eigenvalue weighted by atomic mass is 9.79. The summed E-state index contributed by atoms with van der Waals surface area (Å²) in [6, 6.07) is 7.56. The van der Waals surface area contributed by atoms with Crippen molar-refractivity contribution < 1.29 is 14.3 Å². The van der Waals surface area contributed by atoms with E-state index in [1.807, 2.05) is 29.2 Å². The molecule has 0 bridgehead atoms. The van der Waals surface area contributed by atoms with Gasteiger partial charge in [-0.2, -0.15) is 0 Å². The zero-order chi connectivity index (χ0) is 17.2. The second-order valence-electron chi connectivity index (χ2n) is 7.58. The molecule has 2 N–H and O–H groups in total. The maximum absolute atomic E-state index is 12.7. The lowest BCUT2D eigenvalue weighted by molar-refractivity contribution is 0.0532. The zero-order valence-corrected chi connectivity index (χ0v) is 14.7. The molecule has 0 aromatic heterocycles. The Morgan fingerprint density at radius 3 is 2.71 bits per heavy atom. The molecule has 0 saturated carbocycles. The highest BCUT2D eigenvalue weighted by molar-refractivity contribution is 5.94. The van der Waals surface area contributed by atoms with Crippen LogP contribution in [0.1, 0.15) is 43.5 Å². The third kappa shape index (κ3) is 3.90. The van der Waals surface area contributed by atoms with Gasteiger partial charge in [-0.1, -0.05) is 13.8 Å². The lowest BCUT2D eigenvalue weighted by Crippen LogP contribution is -2.53. The fourth-order valence-corrected chi connectivity index (χ4v) is 3.39. The van der Waals surface area contributed by atoms with Gasteiger partial charge in [0.05, 0.1) is 6.10 Å². The average Bonchev–Trinajstić information content (AvgIpc) is 3.09. The van der Waals surface area contributed by atoms with Crippen molar-refractivity contribution in [2.24, 2.45) is 11.1 Å². The molecule has 2 fully saturated rings. The molecule has 132 valence electrons. The first-order valence-electron chi connectivity index (χ1n) is 8.85. The van der Waals surface area contributed by atoms with Crippen molar-refractivity contribution in [1.82, 2.24) is 4.90 Å². The Balaban J connectivity index is 1.57. The number of hydrogen-bond acceptors (Lipinski definition) is 4. The fraction of sp³-hybridized carbons (Fsp3) is 0.632. The first kappa shape index (κ1) is 17.2. The van der Waals surface area contributed by atoms with Crippen molar-refractivity contribution >= 4 is 5.91 Å². The maximum atomic E-state index is 12.7. The van der Waals surface area contributed by atoms with Crippen molar-refractivity contribution in [2.45, 2.75) is 45.3 Å². The van der Waals surface area contributed by atoms with Crippen LogP contribution in [-0.4, -0.2) is 49.3 Å².